The summed E-state index contributed by atoms with van der Waals surface area (Å²) < 4.78 is 23.9. The summed E-state index contributed by atoms with van der Waals surface area (Å²) in [6.07, 6.45) is 1.15. The van der Waals surface area contributed by atoms with Crippen LogP contribution in [0.15, 0.2) is 10.9 Å². The largest absolute Gasteiger partial charge is 0.308 e. The van der Waals surface area contributed by atoms with Crippen LogP contribution in [0.2, 0.25) is 0 Å². The first-order valence-corrected chi connectivity index (χ1v) is 7.38. The molecule has 0 aliphatic rings. The van der Waals surface area contributed by atoms with Crippen LogP contribution in [0.4, 0.5) is 0 Å². The third-order valence-corrected chi connectivity index (χ3v) is 3.17. The molecule has 0 saturated carbocycles. The molecule has 1 aromatic rings. The Kier molecular flexibility index (Phi) is 4.65. The van der Waals surface area contributed by atoms with E-state index in [1.54, 1.807) is 16.8 Å². The lowest BCUT2D eigenvalue weighted by Crippen LogP contribution is -2.32. The number of thiazole rings is 1. The van der Waals surface area contributed by atoms with E-state index in [-0.39, 0.29) is 6.04 Å². The van der Waals surface area contributed by atoms with Gasteiger partial charge in [0.2, 0.25) is 10.0 Å². The smallest absolute Gasteiger partial charge is 0.208 e. The van der Waals surface area contributed by atoms with Crippen LogP contribution in [-0.4, -0.2) is 32.7 Å². The topological polar surface area (TPSA) is 71.1 Å². The van der Waals surface area contributed by atoms with Crippen molar-refractivity contribution in [3.63, 3.8) is 0 Å². The van der Waals surface area contributed by atoms with Crippen molar-refractivity contribution in [2.45, 2.75) is 13.0 Å². The summed E-state index contributed by atoms with van der Waals surface area (Å²) in [4.78, 5) is 4.16. The molecule has 1 unspecified atom stereocenters. The fraction of sp³-hybridized carbons (Fsp3) is 0.625. The van der Waals surface area contributed by atoms with E-state index < -0.39 is 10.0 Å². The Balaban J connectivity index is 2.21. The van der Waals surface area contributed by atoms with Gasteiger partial charge in [0.05, 0.1) is 17.5 Å². The van der Waals surface area contributed by atoms with Crippen LogP contribution in [0.3, 0.4) is 0 Å². The summed E-state index contributed by atoms with van der Waals surface area (Å²) in [5.74, 6) is 0. The molecular formula is C8H15N3O2S2. The van der Waals surface area contributed by atoms with Gasteiger partial charge in [-0.1, -0.05) is 0 Å². The molecule has 86 valence electrons. The second-order valence-electron chi connectivity index (χ2n) is 3.26. The summed E-state index contributed by atoms with van der Waals surface area (Å²) in [6, 6.07) is 0.151. The molecule has 0 aliphatic carbocycles. The van der Waals surface area contributed by atoms with Crippen LogP contribution >= 0.6 is 11.3 Å². The molecule has 15 heavy (non-hydrogen) atoms. The molecule has 0 radical (unpaired) electrons. The molecule has 1 heterocycles. The molecule has 1 aromatic heterocycles. The second-order valence-corrected chi connectivity index (χ2v) is 5.81. The molecule has 7 heteroatoms. The Morgan fingerprint density at radius 1 is 1.53 bits per heavy atom. The van der Waals surface area contributed by atoms with Gasteiger partial charge in [-0.3, -0.25) is 0 Å². The van der Waals surface area contributed by atoms with Gasteiger partial charge in [-0.2, -0.15) is 0 Å². The predicted octanol–water partition coefficient (Wildman–Crippen LogP) is 0.343. The van der Waals surface area contributed by atoms with E-state index >= 15 is 0 Å². The van der Waals surface area contributed by atoms with Crippen LogP contribution in [-0.2, 0) is 10.0 Å². The van der Waals surface area contributed by atoms with Crippen molar-refractivity contribution >= 4 is 21.4 Å². The third-order valence-electron chi connectivity index (χ3n) is 1.83. The van der Waals surface area contributed by atoms with Crippen molar-refractivity contribution in [2.24, 2.45) is 0 Å². The van der Waals surface area contributed by atoms with Crippen LogP contribution in [0.5, 0.6) is 0 Å². The summed E-state index contributed by atoms with van der Waals surface area (Å²) >= 11 is 1.55. The highest BCUT2D eigenvalue weighted by Crippen LogP contribution is 2.10. The lowest BCUT2D eigenvalue weighted by atomic mass is 10.2. The number of hydrogen-bond acceptors (Lipinski definition) is 5. The highest BCUT2D eigenvalue weighted by molar-refractivity contribution is 7.88. The summed E-state index contributed by atoms with van der Waals surface area (Å²) in [7, 11) is -3.08. The molecule has 0 saturated heterocycles. The zero-order valence-corrected chi connectivity index (χ0v) is 10.4. The van der Waals surface area contributed by atoms with E-state index in [1.807, 2.05) is 12.3 Å². The first-order chi connectivity index (χ1) is 6.99. The zero-order chi connectivity index (χ0) is 11.3. The van der Waals surface area contributed by atoms with Gasteiger partial charge in [0.25, 0.3) is 0 Å². The van der Waals surface area contributed by atoms with Gasteiger partial charge in [-0.05, 0) is 6.92 Å². The molecule has 1 atom stereocenters. The molecule has 0 aromatic carbocycles. The number of rotatable bonds is 6. The zero-order valence-electron chi connectivity index (χ0n) is 8.73. The summed E-state index contributed by atoms with van der Waals surface area (Å²) in [5, 5.41) is 5.15. The molecule has 0 fully saturated rings. The molecule has 2 N–H and O–H groups in total. The molecule has 1 rings (SSSR count). The Morgan fingerprint density at radius 3 is 2.80 bits per heavy atom. The Bertz CT molecular complexity index is 375. The summed E-state index contributed by atoms with van der Waals surface area (Å²) in [5.41, 5.74) is 2.77. The quantitative estimate of drug-likeness (QED) is 0.713. The Labute approximate surface area is 94.0 Å². The average Bonchev–Trinajstić information content (AvgIpc) is 2.63. The summed E-state index contributed by atoms with van der Waals surface area (Å²) in [6.45, 7) is 2.98. The molecule has 0 spiro atoms. The van der Waals surface area contributed by atoms with E-state index in [0.717, 1.165) is 11.9 Å². The van der Waals surface area contributed by atoms with Crippen LogP contribution in [0.1, 0.15) is 18.7 Å². The number of sulfonamides is 1. The first-order valence-electron chi connectivity index (χ1n) is 4.55. The van der Waals surface area contributed by atoms with Crippen molar-refractivity contribution < 1.29 is 8.42 Å². The minimum atomic E-state index is -3.08. The van der Waals surface area contributed by atoms with Crippen molar-refractivity contribution in [1.29, 1.82) is 0 Å². The normalized spacial score (nSPS) is 14.0. The van der Waals surface area contributed by atoms with Crippen molar-refractivity contribution in [2.75, 3.05) is 19.3 Å². The number of aromatic nitrogens is 1. The predicted molar refractivity (Wildman–Crippen MR) is 61.4 cm³/mol. The van der Waals surface area contributed by atoms with Crippen molar-refractivity contribution in [1.82, 2.24) is 15.0 Å². The monoisotopic (exact) mass is 249 g/mol. The molecule has 0 amide bonds. The van der Waals surface area contributed by atoms with Gasteiger partial charge in [-0.25, -0.2) is 18.1 Å². The highest BCUT2D eigenvalue weighted by atomic mass is 32.2. The van der Waals surface area contributed by atoms with E-state index in [1.165, 1.54) is 0 Å². The Hall–Kier alpha value is -0.500. The third kappa shape index (κ3) is 5.22. The lowest BCUT2D eigenvalue weighted by Gasteiger charge is -2.11. The highest BCUT2D eigenvalue weighted by Gasteiger charge is 2.06. The number of nitrogens with one attached hydrogen (secondary N) is 2. The van der Waals surface area contributed by atoms with E-state index in [0.29, 0.717) is 13.1 Å². The van der Waals surface area contributed by atoms with E-state index in [9.17, 15) is 8.42 Å². The second kappa shape index (κ2) is 5.55. The minimum Gasteiger partial charge on any atom is -0.308 e. The number of hydrogen-bond donors (Lipinski definition) is 2. The minimum absolute atomic E-state index is 0.151. The van der Waals surface area contributed by atoms with E-state index in [2.05, 4.69) is 15.0 Å². The lowest BCUT2D eigenvalue weighted by molar-refractivity contribution is 0.550. The molecular weight excluding hydrogens is 234 g/mol. The fourth-order valence-electron chi connectivity index (χ4n) is 1.07. The van der Waals surface area contributed by atoms with Crippen LogP contribution in [0.25, 0.3) is 0 Å². The van der Waals surface area contributed by atoms with Gasteiger partial charge in [0, 0.05) is 24.5 Å². The molecule has 0 bridgehead atoms. The SMILES string of the molecule is CC(NCCNS(C)(=O)=O)c1cscn1. The van der Waals surface area contributed by atoms with Crippen LogP contribution in [0, 0.1) is 0 Å². The van der Waals surface area contributed by atoms with Gasteiger partial charge in [0.15, 0.2) is 0 Å². The molecule has 5 nitrogen and oxygen atoms in total. The van der Waals surface area contributed by atoms with Gasteiger partial charge in [-0.15, -0.1) is 11.3 Å². The maximum absolute atomic E-state index is 10.8. The standard InChI is InChI=1S/C8H15N3O2S2/c1-7(8-5-14-6-10-8)9-3-4-11-15(2,12)13/h5-7,9,11H,3-4H2,1-2H3. The van der Waals surface area contributed by atoms with Gasteiger partial charge >= 0.3 is 0 Å². The van der Waals surface area contributed by atoms with Crippen LogP contribution < -0.4 is 10.0 Å². The maximum Gasteiger partial charge on any atom is 0.208 e. The Morgan fingerprint density at radius 2 is 2.27 bits per heavy atom. The fourth-order valence-corrected chi connectivity index (χ4v) is 2.19. The first kappa shape index (κ1) is 12.6. The number of nitrogens with zero attached hydrogens (tertiary/aromatic N) is 1. The van der Waals surface area contributed by atoms with E-state index in [4.69, 9.17) is 0 Å². The van der Waals surface area contributed by atoms with Gasteiger partial charge in [0.1, 0.15) is 0 Å². The van der Waals surface area contributed by atoms with Crippen molar-refractivity contribution in [3.05, 3.63) is 16.6 Å². The van der Waals surface area contributed by atoms with Crippen molar-refractivity contribution in [3.8, 4) is 0 Å². The average molecular weight is 249 g/mol. The maximum atomic E-state index is 10.8. The van der Waals surface area contributed by atoms with Gasteiger partial charge < -0.3 is 5.32 Å². The molecule has 0 aliphatic heterocycles.